The summed E-state index contributed by atoms with van der Waals surface area (Å²) in [6.07, 6.45) is 0. The molecule has 0 aliphatic heterocycles. The fourth-order valence-corrected chi connectivity index (χ4v) is 1.98. The van der Waals surface area contributed by atoms with Gasteiger partial charge in [0.1, 0.15) is 0 Å². The van der Waals surface area contributed by atoms with Gasteiger partial charge in [0, 0.05) is 17.1 Å². The van der Waals surface area contributed by atoms with Crippen LogP contribution in [0.3, 0.4) is 0 Å². The average Bonchev–Trinajstić information content (AvgIpc) is 2.36. The van der Waals surface area contributed by atoms with Crippen LogP contribution in [0.1, 0.15) is 16.7 Å². The van der Waals surface area contributed by atoms with Crippen molar-refractivity contribution >= 4 is 23.1 Å². The number of urea groups is 1. The molecule has 0 aliphatic rings. The molecular formula is C16H19N3O. The van der Waals surface area contributed by atoms with Gasteiger partial charge in [-0.3, -0.25) is 0 Å². The number of hydrogen-bond donors (Lipinski definition) is 3. The van der Waals surface area contributed by atoms with Crippen molar-refractivity contribution in [1.82, 2.24) is 0 Å². The summed E-state index contributed by atoms with van der Waals surface area (Å²) in [7, 11) is 0. The molecule has 0 radical (unpaired) electrons. The molecule has 4 N–H and O–H groups in total. The molecule has 0 atom stereocenters. The van der Waals surface area contributed by atoms with Gasteiger partial charge in [-0.1, -0.05) is 12.1 Å². The summed E-state index contributed by atoms with van der Waals surface area (Å²) >= 11 is 0. The number of benzene rings is 2. The van der Waals surface area contributed by atoms with E-state index in [0.29, 0.717) is 0 Å². The Balaban J connectivity index is 2.10. The minimum atomic E-state index is -0.261. The van der Waals surface area contributed by atoms with E-state index in [0.717, 1.165) is 33.8 Å². The number of carbonyl (C=O) groups excluding carboxylic acids is 1. The molecule has 104 valence electrons. The number of carbonyl (C=O) groups is 1. The number of nitrogens with two attached hydrogens (primary N) is 1. The Bertz CT molecular complexity index is 650. The van der Waals surface area contributed by atoms with Gasteiger partial charge in [-0.25, -0.2) is 4.79 Å². The summed E-state index contributed by atoms with van der Waals surface area (Å²) in [5, 5.41) is 5.65. The molecule has 0 saturated heterocycles. The highest BCUT2D eigenvalue weighted by Crippen LogP contribution is 2.22. The van der Waals surface area contributed by atoms with E-state index in [2.05, 4.69) is 10.6 Å². The molecule has 0 spiro atoms. The third kappa shape index (κ3) is 3.29. The van der Waals surface area contributed by atoms with Crippen LogP contribution in [0, 0.1) is 20.8 Å². The van der Waals surface area contributed by atoms with Crippen molar-refractivity contribution in [2.45, 2.75) is 20.8 Å². The van der Waals surface area contributed by atoms with Crippen LogP contribution in [0.5, 0.6) is 0 Å². The van der Waals surface area contributed by atoms with E-state index in [1.807, 2.05) is 57.2 Å². The third-order valence-electron chi connectivity index (χ3n) is 3.14. The van der Waals surface area contributed by atoms with E-state index in [-0.39, 0.29) is 6.03 Å². The topological polar surface area (TPSA) is 67.2 Å². The van der Waals surface area contributed by atoms with Crippen LogP contribution in [-0.2, 0) is 0 Å². The van der Waals surface area contributed by atoms with E-state index in [4.69, 9.17) is 5.73 Å². The molecule has 2 rings (SSSR count). The fourth-order valence-electron chi connectivity index (χ4n) is 1.98. The number of nitrogens with one attached hydrogen (secondary N) is 2. The SMILES string of the molecule is Cc1cccc(NC(=O)Nc2cc(C)c(N)cc2C)c1. The summed E-state index contributed by atoms with van der Waals surface area (Å²) < 4.78 is 0. The second kappa shape index (κ2) is 5.65. The highest BCUT2D eigenvalue weighted by molar-refractivity contribution is 6.00. The first kappa shape index (κ1) is 13.9. The fraction of sp³-hybridized carbons (Fsp3) is 0.188. The number of amides is 2. The number of hydrogen-bond acceptors (Lipinski definition) is 2. The lowest BCUT2D eigenvalue weighted by atomic mass is 10.1. The first-order chi connectivity index (χ1) is 9.45. The maximum absolute atomic E-state index is 12.0. The molecule has 0 unspecified atom stereocenters. The molecule has 20 heavy (non-hydrogen) atoms. The van der Waals surface area contributed by atoms with Crippen molar-refractivity contribution in [2.75, 3.05) is 16.4 Å². The van der Waals surface area contributed by atoms with E-state index in [1.54, 1.807) is 0 Å². The Morgan fingerprint density at radius 1 is 1.00 bits per heavy atom. The van der Waals surface area contributed by atoms with Gasteiger partial charge >= 0.3 is 6.03 Å². The molecule has 0 saturated carbocycles. The Hall–Kier alpha value is -2.49. The molecule has 0 bridgehead atoms. The maximum atomic E-state index is 12.0. The van der Waals surface area contributed by atoms with E-state index >= 15 is 0 Å². The standard InChI is InChI=1S/C16H19N3O/c1-10-5-4-6-13(7-10)18-16(20)19-15-9-11(2)14(17)8-12(15)3/h4-9H,17H2,1-3H3,(H2,18,19,20). The molecule has 4 heteroatoms. The van der Waals surface area contributed by atoms with Crippen LogP contribution >= 0.6 is 0 Å². The second-order valence-corrected chi connectivity index (χ2v) is 4.97. The first-order valence-electron chi connectivity index (χ1n) is 6.47. The lowest BCUT2D eigenvalue weighted by Crippen LogP contribution is -2.20. The van der Waals surface area contributed by atoms with Gasteiger partial charge in [0.05, 0.1) is 0 Å². The van der Waals surface area contributed by atoms with E-state index < -0.39 is 0 Å². The summed E-state index contributed by atoms with van der Waals surface area (Å²) in [6, 6.07) is 11.1. The third-order valence-corrected chi connectivity index (χ3v) is 3.14. The van der Waals surface area contributed by atoms with Gasteiger partial charge in [0.15, 0.2) is 0 Å². The van der Waals surface area contributed by atoms with Crippen LogP contribution in [-0.4, -0.2) is 6.03 Å². The zero-order valence-corrected chi connectivity index (χ0v) is 11.9. The lowest BCUT2D eigenvalue weighted by molar-refractivity contribution is 0.262. The largest absolute Gasteiger partial charge is 0.399 e. The smallest absolute Gasteiger partial charge is 0.323 e. The molecule has 2 aromatic rings. The quantitative estimate of drug-likeness (QED) is 0.725. The molecular weight excluding hydrogens is 250 g/mol. The van der Waals surface area contributed by atoms with Crippen molar-refractivity contribution < 1.29 is 4.79 Å². The molecule has 0 aromatic heterocycles. The van der Waals surface area contributed by atoms with Crippen LogP contribution in [0.15, 0.2) is 36.4 Å². The summed E-state index contributed by atoms with van der Waals surface area (Å²) in [4.78, 5) is 12.0. The highest BCUT2D eigenvalue weighted by Gasteiger charge is 2.07. The van der Waals surface area contributed by atoms with Crippen molar-refractivity contribution in [3.8, 4) is 0 Å². The molecule has 0 aliphatic carbocycles. The Kier molecular flexibility index (Phi) is 3.94. The van der Waals surface area contributed by atoms with Crippen molar-refractivity contribution in [2.24, 2.45) is 0 Å². The normalized spacial score (nSPS) is 10.2. The van der Waals surface area contributed by atoms with Gasteiger partial charge in [-0.15, -0.1) is 0 Å². The van der Waals surface area contributed by atoms with Crippen molar-refractivity contribution in [3.05, 3.63) is 53.1 Å². The summed E-state index contributed by atoms with van der Waals surface area (Å²) in [6.45, 7) is 5.81. The zero-order chi connectivity index (χ0) is 14.7. The minimum Gasteiger partial charge on any atom is -0.399 e. The van der Waals surface area contributed by atoms with Crippen LogP contribution in [0.25, 0.3) is 0 Å². The van der Waals surface area contributed by atoms with Crippen molar-refractivity contribution in [3.63, 3.8) is 0 Å². The van der Waals surface area contributed by atoms with Gasteiger partial charge in [0.25, 0.3) is 0 Å². The molecule has 2 amide bonds. The van der Waals surface area contributed by atoms with Gasteiger partial charge in [-0.2, -0.15) is 0 Å². The number of nitrogen functional groups attached to an aromatic ring is 1. The van der Waals surface area contributed by atoms with E-state index in [1.165, 1.54) is 0 Å². The summed E-state index contributed by atoms with van der Waals surface area (Å²) in [5.41, 5.74) is 11.1. The molecule has 0 fully saturated rings. The Labute approximate surface area is 119 Å². The predicted molar refractivity (Wildman–Crippen MR) is 84.1 cm³/mol. The second-order valence-electron chi connectivity index (χ2n) is 4.97. The molecule has 4 nitrogen and oxygen atoms in total. The number of rotatable bonds is 2. The van der Waals surface area contributed by atoms with Crippen molar-refractivity contribution in [1.29, 1.82) is 0 Å². The monoisotopic (exact) mass is 269 g/mol. The summed E-state index contributed by atoms with van der Waals surface area (Å²) in [5.74, 6) is 0. The first-order valence-corrected chi connectivity index (χ1v) is 6.47. The van der Waals surface area contributed by atoms with Gasteiger partial charge in [0.2, 0.25) is 0 Å². The average molecular weight is 269 g/mol. The number of anilines is 3. The van der Waals surface area contributed by atoms with E-state index in [9.17, 15) is 4.79 Å². The lowest BCUT2D eigenvalue weighted by Gasteiger charge is -2.12. The molecule has 2 aromatic carbocycles. The van der Waals surface area contributed by atoms with Gasteiger partial charge < -0.3 is 16.4 Å². The highest BCUT2D eigenvalue weighted by atomic mass is 16.2. The Morgan fingerprint density at radius 2 is 1.75 bits per heavy atom. The Morgan fingerprint density at radius 3 is 2.45 bits per heavy atom. The van der Waals surface area contributed by atoms with Crippen LogP contribution in [0.2, 0.25) is 0 Å². The van der Waals surface area contributed by atoms with Crippen LogP contribution in [0.4, 0.5) is 21.9 Å². The molecule has 0 heterocycles. The predicted octanol–water partition coefficient (Wildman–Crippen LogP) is 3.84. The van der Waals surface area contributed by atoms with Gasteiger partial charge in [-0.05, 0) is 61.7 Å². The maximum Gasteiger partial charge on any atom is 0.323 e. The van der Waals surface area contributed by atoms with Crippen LogP contribution < -0.4 is 16.4 Å². The number of aryl methyl sites for hydroxylation is 3. The minimum absolute atomic E-state index is 0.261. The zero-order valence-electron chi connectivity index (χ0n) is 11.9.